The van der Waals surface area contributed by atoms with Crippen molar-refractivity contribution in [3.8, 4) is 5.75 Å². The summed E-state index contributed by atoms with van der Waals surface area (Å²) in [5.41, 5.74) is 0.404. The second kappa shape index (κ2) is 6.75. The highest BCUT2D eigenvalue weighted by Crippen LogP contribution is 2.27. The molecule has 0 spiro atoms. The highest BCUT2D eigenvalue weighted by atomic mass is 16.5. The Morgan fingerprint density at radius 1 is 1.45 bits per heavy atom. The highest BCUT2D eigenvalue weighted by Gasteiger charge is 2.39. The van der Waals surface area contributed by atoms with Gasteiger partial charge in [0.25, 0.3) is 0 Å². The van der Waals surface area contributed by atoms with Crippen molar-refractivity contribution in [2.24, 2.45) is 0 Å². The fraction of sp³-hybridized carbons (Fsp3) is 0.562. The summed E-state index contributed by atoms with van der Waals surface area (Å²) in [7, 11) is 0. The number of hydrogen-bond acceptors (Lipinski definition) is 3. The van der Waals surface area contributed by atoms with Crippen molar-refractivity contribution >= 4 is 11.6 Å². The normalized spacial score (nSPS) is 21.7. The fourth-order valence-corrected chi connectivity index (χ4v) is 2.83. The average molecular weight is 276 g/mol. The second-order valence-corrected chi connectivity index (χ2v) is 5.28. The minimum absolute atomic E-state index is 0.0745. The molecule has 4 heteroatoms. The number of carbonyl (C=O) groups is 1. The maximum absolute atomic E-state index is 12.6. The molecule has 1 aliphatic heterocycles. The predicted molar refractivity (Wildman–Crippen MR) is 81.1 cm³/mol. The van der Waals surface area contributed by atoms with Gasteiger partial charge in [-0.15, -0.1) is 0 Å². The van der Waals surface area contributed by atoms with Gasteiger partial charge in [-0.2, -0.15) is 0 Å². The monoisotopic (exact) mass is 276 g/mol. The molecular weight excluding hydrogens is 252 g/mol. The quantitative estimate of drug-likeness (QED) is 0.840. The van der Waals surface area contributed by atoms with E-state index in [-0.39, 0.29) is 5.91 Å². The smallest absolute Gasteiger partial charge is 0.244 e. The number of benzene rings is 1. The molecule has 1 amide bonds. The van der Waals surface area contributed by atoms with Crippen LogP contribution in [-0.4, -0.2) is 24.6 Å². The van der Waals surface area contributed by atoms with Crippen molar-refractivity contribution in [1.82, 2.24) is 5.32 Å². The van der Waals surface area contributed by atoms with Crippen molar-refractivity contribution in [3.05, 3.63) is 24.3 Å². The molecule has 0 aliphatic carbocycles. The summed E-state index contributed by atoms with van der Waals surface area (Å²) in [4.78, 5) is 12.6. The van der Waals surface area contributed by atoms with Crippen LogP contribution in [0.3, 0.4) is 0 Å². The Balaban J connectivity index is 2.08. The Morgan fingerprint density at radius 2 is 2.30 bits per heavy atom. The van der Waals surface area contributed by atoms with Crippen LogP contribution in [0, 0.1) is 0 Å². The van der Waals surface area contributed by atoms with E-state index in [1.807, 2.05) is 31.2 Å². The summed E-state index contributed by atoms with van der Waals surface area (Å²) in [6.45, 7) is 5.61. The van der Waals surface area contributed by atoms with Gasteiger partial charge in [-0.25, -0.2) is 0 Å². The van der Waals surface area contributed by atoms with Gasteiger partial charge in [-0.05, 0) is 44.9 Å². The first-order valence-electron chi connectivity index (χ1n) is 7.49. The maximum Gasteiger partial charge on any atom is 0.244 e. The van der Waals surface area contributed by atoms with Crippen LogP contribution < -0.4 is 15.4 Å². The molecule has 1 heterocycles. The van der Waals surface area contributed by atoms with Gasteiger partial charge >= 0.3 is 0 Å². The molecule has 2 rings (SSSR count). The lowest BCUT2D eigenvalue weighted by atomic mass is 9.91. The van der Waals surface area contributed by atoms with Gasteiger partial charge in [-0.3, -0.25) is 4.79 Å². The molecule has 0 bridgehead atoms. The van der Waals surface area contributed by atoms with Crippen LogP contribution >= 0.6 is 0 Å². The standard InChI is InChI=1S/C16H24N2O2/c1-3-9-16(10-6-11-17-16)15(19)18-13-7-5-8-14(12-13)20-4-2/h5,7-8,12,17H,3-4,6,9-11H2,1-2H3,(H,18,19). The molecular formula is C16H24N2O2. The zero-order valence-electron chi connectivity index (χ0n) is 12.4. The minimum Gasteiger partial charge on any atom is -0.494 e. The van der Waals surface area contributed by atoms with Gasteiger partial charge in [0.1, 0.15) is 5.75 Å². The number of hydrogen-bond donors (Lipinski definition) is 2. The highest BCUT2D eigenvalue weighted by molar-refractivity contribution is 5.98. The SMILES string of the molecule is CCCC1(C(=O)Nc2cccc(OCC)c2)CCCN1. The molecule has 0 aromatic heterocycles. The molecule has 4 nitrogen and oxygen atoms in total. The Hall–Kier alpha value is -1.55. The van der Waals surface area contributed by atoms with Crippen LogP contribution in [0.4, 0.5) is 5.69 Å². The maximum atomic E-state index is 12.6. The van der Waals surface area contributed by atoms with Crippen molar-refractivity contribution in [1.29, 1.82) is 0 Å². The van der Waals surface area contributed by atoms with Gasteiger partial charge < -0.3 is 15.4 Å². The first kappa shape index (κ1) is 14.9. The van der Waals surface area contributed by atoms with Crippen molar-refractivity contribution in [2.75, 3.05) is 18.5 Å². The molecule has 1 atom stereocenters. The van der Waals surface area contributed by atoms with Crippen molar-refractivity contribution < 1.29 is 9.53 Å². The summed E-state index contributed by atoms with van der Waals surface area (Å²) >= 11 is 0. The summed E-state index contributed by atoms with van der Waals surface area (Å²) in [5, 5.41) is 6.41. The molecule has 1 aromatic carbocycles. The Kier molecular flexibility index (Phi) is 5.01. The van der Waals surface area contributed by atoms with Crippen LogP contribution in [0.1, 0.15) is 39.5 Å². The summed E-state index contributed by atoms with van der Waals surface area (Å²) in [5.74, 6) is 0.861. The number of ether oxygens (including phenoxy) is 1. The summed E-state index contributed by atoms with van der Waals surface area (Å²) in [6.07, 6.45) is 3.85. The lowest BCUT2D eigenvalue weighted by Gasteiger charge is -2.27. The van der Waals surface area contributed by atoms with Gasteiger partial charge in [0, 0.05) is 11.8 Å². The minimum atomic E-state index is -0.392. The van der Waals surface area contributed by atoms with Crippen LogP contribution in [0.15, 0.2) is 24.3 Å². The third-order valence-corrected chi connectivity index (χ3v) is 3.76. The second-order valence-electron chi connectivity index (χ2n) is 5.28. The van der Waals surface area contributed by atoms with E-state index in [2.05, 4.69) is 17.6 Å². The molecule has 1 aromatic rings. The van der Waals surface area contributed by atoms with Gasteiger partial charge in [0.05, 0.1) is 12.1 Å². The fourth-order valence-electron chi connectivity index (χ4n) is 2.83. The van der Waals surface area contributed by atoms with Crippen LogP contribution in [-0.2, 0) is 4.79 Å². The molecule has 0 saturated carbocycles. The number of rotatable bonds is 6. The lowest BCUT2D eigenvalue weighted by molar-refractivity contribution is -0.122. The van der Waals surface area contributed by atoms with E-state index in [0.717, 1.165) is 43.7 Å². The summed E-state index contributed by atoms with van der Waals surface area (Å²) in [6, 6.07) is 7.56. The molecule has 1 aliphatic rings. The van der Waals surface area contributed by atoms with Gasteiger partial charge in [0.2, 0.25) is 5.91 Å². The van der Waals surface area contributed by atoms with E-state index in [1.54, 1.807) is 0 Å². The first-order valence-corrected chi connectivity index (χ1v) is 7.49. The molecule has 110 valence electrons. The zero-order valence-corrected chi connectivity index (χ0v) is 12.4. The molecule has 1 fully saturated rings. The number of amides is 1. The largest absolute Gasteiger partial charge is 0.494 e. The number of anilines is 1. The molecule has 1 unspecified atom stereocenters. The van der Waals surface area contributed by atoms with E-state index >= 15 is 0 Å². The molecule has 0 radical (unpaired) electrons. The summed E-state index contributed by atoms with van der Waals surface area (Å²) < 4.78 is 5.46. The topological polar surface area (TPSA) is 50.4 Å². The van der Waals surface area contributed by atoms with E-state index < -0.39 is 5.54 Å². The van der Waals surface area contributed by atoms with E-state index in [0.29, 0.717) is 6.61 Å². The lowest BCUT2D eigenvalue weighted by Crippen LogP contribution is -2.50. The Labute approximate surface area is 120 Å². The third kappa shape index (κ3) is 3.31. The van der Waals surface area contributed by atoms with Crippen LogP contribution in [0.25, 0.3) is 0 Å². The molecule has 20 heavy (non-hydrogen) atoms. The van der Waals surface area contributed by atoms with Gasteiger partial charge in [0.15, 0.2) is 0 Å². The number of carbonyl (C=O) groups excluding carboxylic acids is 1. The van der Waals surface area contributed by atoms with Gasteiger partial charge in [-0.1, -0.05) is 19.4 Å². The molecule has 1 saturated heterocycles. The van der Waals surface area contributed by atoms with Crippen molar-refractivity contribution in [3.63, 3.8) is 0 Å². The van der Waals surface area contributed by atoms with Crippen LogP contribution in [0.5, 0.6) is 5.75 Å². The van der Waals surface area contributed by atoms with Crippen LogP contribution in [0.2, 0.25) is 0 Å². The Bertz CT molecular complexity index is 454. The third-order valence-electron chi connectivity index (χ3n) is 3.76. The zero-order chi connectivity index (χ0) is 14.4. The van der Waals surface area contributed by atoms with Crippen molar-refractivity contribution in [2.45, 2.75) is 45.1 Å². The van der Waals surface area contributed by atoms with E-state index in [1.165, 1.54) is 0 Å². The molecule has 2 N–H and O–H groups in total. The Morgan fingerprint density at radius 3 is 2.95 bits per heavy atom. The average Bonchev–Trinajstić information content (AvgIpc) is 2.90. The first-order chi connectivity index (χ1) is 9.70. The van der Waals surface area contributed by atoms with E-state index in [4.69, 9.17) is 4.74 Å². The van der Waals surface area contributed by atoms with E-state index in [9.17, 15) is 4.79 Å². The predicted octanol–water partition coefficient (Wildman–Crippen LogP) is 2.95. The number of nitrogens with one attached hydrogen (secondary N) is 2.